The van der Waals surface area contributed by atoms with E-state index in [1.165, 1.54) is 30.3 Å². The van der Waals surface area contributed by atoms with Crippen molar-refractivity contribution in [2.45, 2.75) is 187 Å². The van der Waals surface area contributed by atoms with E-state index in [1.807, 2.05) is 60.6 Å². The number of carboxylic acids is 1. The van der Waals surface area contributed by atoms with Crippen LogP contribution in [0.1, 0.15) is 159 Å². The van der Waals surface area contributed by atoms with Crippen molar-refractivity contribution in [3.8, 4) is 22.3 Å². The number of esters is 1. The number of hydrogen-bond donors (Lipinski definition) is 3. The van der Waals surface area contributed by atoms with Crippen LogP contribution in [0.15, 0.2) is 60.7 Å². The molecule has 0 saturated carbocycles. The molecular weight excluding hydrogens is 1020 g/mol. The summed E-state index contributed by atoms with van der Waals surface area (Å²) in [7, 11) is 0. The lowest BCUT2D eigenvalue weighted by Gasteiger charge is -2.40. The van der Waals surface area contributed by atoms with Gasteiger partial charge in [0.2, 0.25) is 11.8 Å². The second kappa shape index (κ2) is 24.6. The van der Waals surface area contributed by atoms with E-state index in [0.29, 0.717) is 72.9 Å². The Morgan fingerprint density at radius 1 is 0.772 bits per heavy atom. The van der Waals surface area contributed by atoms with Crippen molar-refractivity contribution >= 4 is 47.5 Å². The molecule has 3 N–H and O–H groups in total. The quantitative estimate of drug-likeness (QED) is 0.100. The lowest BCUT2D eigenvalue weighted by atomic mass is 9.89. The summed E-state index contributed by atoms with van der Waals surface area (Å²) in [5.41, 5.74) is 7.14. The molecule has 4 aromatic rings. The summed E-state index contributed by atoms with van der Waals surface area (Å²) in [6, 6.07) is 12.3. The Morgan fingerprint density at radius 3 is 1.71 bits per heavy atom. The number of carboxylic acid groups (broad SMARTS) is 1. The molecule has 0 radical (unpaired) electrons. The Hall–Kier alpha value is -6.28. The smallest absolute Gasteiger partial charge is 0.308 e. The molecule has 5 aliphatic rings. The molecule has 2 aromatic carbocycles. The molecule has 9 rings (SSSR count). The first-order valence-corrected chi connectivity index (χ1v) is 27.3. The molecule has 0 aliphatic carbocycles. The first-order chi connectivity index (χ1) is 37.4. The van der Waals surface area contributed by atoms with E-state index in [1.54, 1.807) is 40.1 Å². The van der Waals surface area contributed by atoms with Gasteiger partial charge in [-0.15, -0.1) is 0 Å². The van der Waals surface area contributed by atoms with Crippen LogP contribution in [-0.2, 0) is 56.1 Å². The van der Waals surface area contributed by atoms with Crippen molar-refractivity contribution in [2.24, 2.45) is 0 Å². The normalized spacial score (nSPS) is 21.8. The van der Waals surface area contributed by atoms with Crippen molar-refractivity contribution in [3.05, 3.63) is 106 Å². The Labute approximate surface area is 460 Å². The fraction of sp³-hybridized carbons (Fsp3) is 0.508. The number of carbonyl (C=O) groups excluding carboxylic acids is 3. The van der Waals surface area contributed by atoms with Crippen LogP contribution in [0.25, 0.3) is 34.4 Å². The van der Waals surface area contributed by atoms with Gasteiger partial charge in [0.1, 0.15) is 28.9 Å². The molecule has 3 fully saturated rings. The van der Waals surface area contributed by atoms with Gasteiger partial charge in [-0.1, -0.05) is 76.3 Å². The van der Waals surface area contributed by atoms with Crippen molar-refractivity contribution in [1.29, 1.82) is 0 Å². The zero-order valence-corrected chi connectivity index (χ0v) is 46.6. The molecule has 0 spiro atoms. The van der Waals surface area contributed by atoms with Gasteiger partial charge in [-0.3, -0.25) is 29.0 Å². The van der Waals surface area contributed by atoms with Gasteiger partial charge in [-0.25, -0.2) is 18.7 Å². The summed E-state index contributed by atoms with van der Waals surface area (Å²) in [4.78, 5) is 63.0. The monoisotopic (exact) mass is 1090 g/mol. The minimum Gasteiger partial charge on any atom is -0.481 e. The number of anilines is 2. The third-order valence-electron chi connectivity index (χ3n) is 14.3. The zero-order valence-electron chi connectivity index (χ0n) is 46.6. The average molecular weight is 1090 g/mol. The number of fused-ring (bicyclic) bond motifs is 6. The highest BCUT2D eigenvalue weighted by atomic mass is 19.1. The summed E-state index contributed by atoms with van der Waals surface area (Å²) in [5, 5.41) is 29.3. The molecule has 2 amide bonds. The number of aliphatic hydroxyl groups is 2. The maximum atomic E-state index is 14.1. The summed E-state index contributed by atoms with van der Waals surface area (Å²) < 4.78 is 57.8. The first-order valence-electron chi connectivity index (χ1n) is 27.3. The van der Waals surface area contributed by atoms with E-state index in [9.17, 15) is 38.2 Å². The number of nitrogens with zero attached hydrogens (tertiary/aromatic N) is 4. The van der Waals surface area contributed by atoms with Crippen molar-refractivity contribution < 1.29 is 67.0 Å². The van der Waals surface area contributed by atoms with Crippen molar-refractivity contribution in [1.82, 2.24) is 9.97 Å². The Bertz CT molecular complexity index is 2950. The number of hydrogen-bond acceptors (Lipinski definition) is 13. The van der Waals surface area contributed by atoms with Gasteiger partial charge in [0.05, 0.1) is 87.2 Å². The number of ether oxygens (including phenoxy) is 5. The molecule has 79 heavy (non-hydrogen) atoms. The van der Waals surface area contributed by atoms with Crippen LogP contribution in [0.5, 0.6) is 0 Å². The largest absolute Gasteiger partial charge is 0.481 e. The SMILES string of the molecule is CC(C)c1nc2c(c(-c3ccc(F)cc3)c1/C=C/[C@@H](O)C[C@@H](O)CC(=O)O)COC[C@H]1CCC(=O)N21.CC(C)c1nc2c(c(-c3ccc(F)cc3)c1/C=C/[C@@H]1C[C@H](CC(=O)OC(C)(C)C)OC(C)(C)O1)COC[C@H]1CCC(=O)N21. The fourth-order valence-electron chi connectivity index (χ4n) is 11.1. The van der Waals surface area contributed by atoms with Gasteiger partial charge < -0.3 is 39.0 Å². The topological polar surface area (TPSA) is 207 Å². The van der Waals surface area contributed by atoms with Crippen molar-refractivity contribution in [2.75, 3.05) is 23.0 Å². The molecule has 0 bridgehead atoms. The highest BCUT2D eigenvalue weighted by molar-refractivity contribution is 5.99. The number of pyridine rings is 2. The Morgan fingerprint density at radius 2 is 1.25 bits per heavy atom. The highest BCUT2D eigenvalue weighted by Crippen LogP contribution is 2.45. The van der Waals surface area contributed by atoms with Gasteiger partial charge in [0.15, 0.2) is 5.79 Å². The molecule has 7 heterocycles. The molecule has 18 heteroatoms. The van der Waals surface area contributed by atoms with Gasteiger partial charge in [0.25, 0.3) is 0 Å². The van der Waals surface area contributed by atoms with Crippen LogP contribution >= 0.6 is 0 Å². The third kappa shape index (κ3) is 14.2. The standard InChI is InChI=1S/C34H43FN2O6.C27H31FN2O6/c1-20(2)31-26(14-13-24-16-25(42-34(6,7)41-24)17-29(39)43-33(3,4)5)30(21-8-10-22(35)11-9-21)27-19-40-18-23-12-15-28(38)37(23)32(27)36-31;1-15(2)26-21(9-8-19(31)11-20(32)12-24(34)35)25(16-3-5-17(28)6-4-16)22-14-36-13-18-7-10-23(33)30(18)27(22)29-26/h8-11,13-14,20,23-25H,12,15-19H2,1-7H3;3-6,8-9,15,18-20,31-32H,7,10-14H2,1-2H3,(H,34,35)/b14-13+;9-8+/t23-,24-,25-;18-,19-,20-/m11/s1. The van der Waals surface area contributed by atoms with Crippen LogP contribution < -0.4 is 9.80 Å². The van der Waals surface area contributed by atoms with Crippen LogP contribution in [0.4, 0.5) is 20.4 Å². The van der Waals surface area contributed by atoms with Crippen molar-refractivity contribution in [3.63, 3.8) is 0 Å². The minimum absolute atomic E-state index is 0.00913. The summed E-state index contributed by atoms with van der Waals surface area (Å²) in [5.74, 6) is -1.90. The number of halogens is 2. The Balaban J connectivity index is 0.000000211. The summed E-state index contributed by atoms with van der Waals surface area (Å²) in [6.45, 7) is 18.6. The van der Waals surface area contributed by atoms with E-state index >= 15 is 0 Å². The van der Waals surface area contributed by atoms with Gasteiger partial charge in [0, 0.05) is 47.9 Å². The lowest BCUT2D eigenvalue weighted by molar-refractivity contribution is -0.290. The van der Waals surface area contributed by atoms with Crippen LogP contribution in [0, 0.1) is 11.6 Å². The van der Waals surface area contributed by atoms with E-state index in [2.05, 4.69) is 13.8 Å². The second-order valence-corrected chi connectivity index (χ2v) is 23.0. The van der Waals surface area contributed by atoms with E-state index in [-0.39, 0.29) is 91.6 Å². The summed E-state index contributed by atoms with van der Waals surface area (Å²) >= 11 is 0. The van der Waals surface area contributed by atoms with E-state index in [4.69, 9.17) is 38.8 Å². The number of aliphatic hydroxyl groups excluding tert-OH is 2. The highest BCUT2D eigenvalue weighted by Gasteiger charge is 2.41. The molecule has 16 nitrogen and oxygen atoms in total. The number of rotatable bonds is 14. The molecule has 3 saturated heterocycles. The number of aromatic nitrogens is 2. The predicted molar refractivity (Wildman–Crippen MR) is 294 cm³/mol. The third-order valence-corrected chi connectivity index (χ3v) is 14.3. The van der Waals surface area contributed by atoms with Crippen LogP contribution in [0.2, 0.25) is 0 Å². The van der Waals surface area contributed by atoms with Crippen LogP contribution in [-0.4, -0.2) is 110 Å². The molecule has 5 aliphatic heterocycles. The number of carbonyl (C=O) groups is 4. The number of aliphatic carboxylic acids is 1. The van der Waals surface area contributed by atoms with E-state index in [0.717, 1.165) is 39.9 Å². The molecule has 2 aromatic heterocycles. The molecule has 0 unspecified atom stereocenters. The second-order valence-electron chi connectivity index (χ2n) is 23.0. The maximum Gasteiger partial charge on any atom is 0.308 e. The van der Waals surface area contributed by atoms with Gasteiger partial charge in [-0.05, 0) is 106 Å². The number of amides is 2. The minimum atomic E-state index is -1.19. The zero-order chi connectivity index (χ0) is 57.1. The molecule has 6 atom stereocenters. The van der Waals surface area contributed by atoms with Gasteiger partial charge in [-0.2, -0.15) is 0 Å². The molecule has 424 valence electrons. The number of benzene rings is 2. The lowest BCUT2D eigenvalue weighted by Crippen LogP contribution is -2.45. The Kier molecular flexibility index (Phi) is 18.3. The van der Waals surface area contributed by atoms with Gasteiger partial charge >= 0.3 is 11.9 Å². The first kappa shape index (κ1) is 58.9. The predicted octanol–water partition coefficient (Wildman–Crippen LogP) is 10.3. The molecular formula is C61H74F2N4O12. The van der Waals surface area contributed by atoms with Crippen LogP contribution in [0.3, 0.4) is 0 Å². The fourth-order valence-corrected chi connectivity index (χ4v) is 11.1. The average Bonchev–Trinajstić information content (AvgIpc) is 4.02. The summed E-state index contributed by atoms with van der Waals surface area (Å²) in [6.07, 6.45) is 6.44. The maximum absolute atomic E-state index is 14.1. The van der Waals surface area contributed by atoms with E-state index < -0.39 is 36.0 Å².